The van der Waals surface area contributed by atoms with Gasteiger partial charge in [0.15, 0.2) is 0 Å². The predicted octanol–water partition coefficient (Wildman–Crippen LogP) is 3.27. The Bertz CT molecular complexity index is 539. The molecule has 0 aromatic carbocycles. The molecular formula is C18H29N3O. The zero-order valence-electron chi connectivity index (χ0n) is 14.2. The van der Waals surface area contributed by atoms with Crippen LogP contribution in [0.15, 0.2) is 29.4 Å². The second kappa shape index (κ2) is 8.30. The van der Waals surface area contributed by atoms with Crippen molar-refractivity contribution in [3.8, 4) is 0 Å². The van der Waals surface area contributed by atoms with E-state index >= 15 is 0 Å². The number of aryl methyl sites for hydroxylation is 1. The molecule has 2 rings (SSSR count). The lowest BCUT2D eigenvalue weighted by Crippen LogP contribution is -2.23. The molecule has 22 heavy (non-hydrogen) atoms. The third kappa shape index (κ3) is 5.11. The first-order chi connectivity index (χ1) is 10.6. The van der Waals surface area contributed by atoms with Crippen LogP contribution in [0.3, 0.4) is 0 Å². The number of hydrogen-bond acceptors (Lipinski definition) is 3. The van der Waals surface area contributed by atoms with Gasteiger partial charge in [0, 0.05) is 26.2 Å². The molecule has 0 amide bonds. The molecule has 4 heteroatoms. The van der Waals surface area contributed by atoms with Gasteiger partial charge in [0.2, 0.25) is 0 Å². The number of aliphatic hydroxyl groups excluding tert-OH is 1. The van der Waals surface area contributed by atoms with Gasteiger partial charge in [0.1, 0.15) is 0 Å². The van der Waals surface area contributed by atoms with Crippen LogP contribution < -0.4 is 0 Å². The zero-order chi connectivity index (χ0) is 15.9. The summed E-state index contributed by atoms with van der Waals surface area (Å²) in [5, 5.41) is 13.7. The summed E-state index contributed by atoms with van der Waals surface area (Å²) in [7, 11) is 0. The van der Waals surface area contributed by atoms with Crippen molar-refractivity contribution in [3.63, 3.8) is 0 Å². The fourth-order valence-corrected chi connectivity index (χ4v) is 2.80. The van der Waals surface area contributed by atoms with Gasteiger partial charge in [0.05, 0.1) is 18.0 Å². The number of aliphatic hydroxyl groups is 1. The van der Waals surface area contributed by atoms with E-state index in [-0.39, 0.29) is 6.61 Å². The Morgan fingerprint density at radius 1 is 1.27 bits per heavy atom. The predicted molar refractivity (Wildman–Crippen MR) is 90.5 cm³/mol. The number of hydrogen-bond donors (Lipinski definition) is 1. The lowest BCUT2D eigenvalue weighted by atomic mass is 10.1. The van der Waals surface area contributed by atoms with Gasteiger partial charge in [-0.1, -0.05) is 23.3 Å². The van der Waals surface area contributed by atoms with Crippen molar-refractivity contribution in [3.05, 3.63) is 40.8 Å². The van der Waals surface area contributed by atoms with Crippen molar-refractivity contribution in [2.45, 2.75) is 59.7 Å². The molecule has 0 saturated heterocycles. The molecule has 0 atom stereocenters. The van der Waals surface area contributed by atoms with Gasteiger partial charge in [-0.05, 0) is 46.1 Å². The van der Waals surface area contributed by atoms with Crippen LogP contribution in [0, 0.1) is 0 Å². The standard InChI is InChI=1S/C18H29N3O/c1-15(2)6-4-7-16(3)8-11-20-9-5-10-21-18(13-20)12-17(14-22)19-21/h6,8,12,22H,4-5,7,9-11,13-14H2,1-3H3/b16-8+. The molecule has 0 aliphatic carbocycles. The summed E-state index contributed by atoms with van der Waals surface area (Å²) in [4.78, 5) is 2.46. The van der Waals surface area contributed by atoms with Gasteiger partial charge in [-0.15, -0.1) is 0 Å². The molecular weight excluding hydrogens is 274 g/mol. The third-order valence-electron chi connectivity index (χ3n) is 4.09. The maximum atomic E-state index is 9.22. The van der Waals surface area contributed by atoms with Crippen LogP contribution in [0.4, 0.5) is 0 Å². The van der Waals surface area contributed by atoms with Crippen LogP contribution in [-0.4, -0.2) is 32.9 Å². The van der Waals surface area contributed by atoms with Crippen molar-refractivity contribution < 1.29 is 5.11 Å². The highest BCUT2D eigenvalue weighted by atomic mass is 16.3. The Kier molecular flexibility index (Phi) is 6.40. The van der Waals surface area contributed by atoms with Gasteiger partial charge in [-0.3, -0.25) is 9.58 Å². The number of nitrogens with zero attached hydrogens (tertiary/aromatic N) is 3. The van der Waals surface area contributed by atoms with E-state index in [1.54, 1.807) is 0 Å². The molecule has 2 heterocycles. The highest BCUT2D eigenvalue weighted by Gasteiger charge is 2.15. The number of aromatic nitrogens is 2. The Balaban J connectivity index is 1.88. The van der Waals surface area contributed by atoms with Gasteiger partial charge < -0.3 is 5.11 Å². The van der Waals surface area contributed by atoms with Crippen LogP contribution in [0.2, 0.25) is 0 Å². The van der Waals surface area contributed by atoms with Crippen LogP contribution in [0.5, 0.6) is 0 Å². The Labute approximate surface area is 134 Å². The minimum atomic E-state index is 0.0311. The smallest absolute Gasteiger partial charge is 0.0882 e. The first-order valence-corrected chi connectivity index (χ1v) is 8.26. The second-order valence-corrected chi connectivity index (χ2v) is 6.47. The molecule has 0 bridgehead atoms. The number of fused-ring (bicyclic) bond motifs is 1. The summed E-state index contributed by atoms with van der Waals surface area (Å²) in [6.07, 6.45) is 8.06. The van der Waals surface area contributed by atoms with E-state index < -0.39 is 0 Å². The van der Waals surface area contributed by atoms with Crippen LogP contribution in [-0.2, 0) is 19.7 Å². The fourth-order valence-electron chi connectivity index (χ4n) is 2.80. The summed E-state index contributed by atoms with van der Waals surface area (Å²) in [5.74, 6) is 0. The van der Waals surface area contributed by atoms with Crippen LogP contribution >= 0.6 is 0 Å². The van der Waals surface area contributed by atoms with E-state index in [9.17, 15) is 5.11 Å². The van der Waals surface area contributed by atoms with E-state index in [4.69, 9.17) is 0 Å². The van der Waals surface area contributed by atoms with Crippen LogP contribution in [0.1, 0.15) is 51.4 Å². The van der Waals surface area contributed by atoms with Gasteiger partial charge in [0.25, 0.3) is 0 Å². The van der Waals surface area contributed by atoms with E-state index in [0.29, 0.717) is 0 Å². The van der Waals surface area contributed by atoms with Gasteiger partial charge >= 0.3 is 0 Å². The summed E-state index contributed by atoms with van der Waals surface area (Å²) in [6.45, 7) is 10.5. The average Bonchev–Trinajstić information content (AvgIpc) is 2.76. The highest BCUT2D eigenvalue weighted by Crippen LogP contribution is 2.14. The topological polar surface area (TPSA) is 41.3 Å². The Hall–Kier alpha value is -1.39. The van der Waals surface area contributed by atoms with Gasteiger partial charge in [-0.2, -0.15) is 5.10 Å². The molecule has 0 fully saturated rings. The average molecular weight is 303 g/mol. The lowest BCUT2D eigenvalue weighted by molar-refractivity contribution is 0.274. The number of allylic oxidation sites excluding steroid dienone is 3. The molecule has 1 aromatic rings. The minimum absolute atomic E-state index is 0.0311. The van der Waals surface area contributed by atoms with Crippen molar-refractivity contribution in [1.29, 1.82) is 0 Å². The van der Waals surface area contributed by atoms with Crippen molar-refractivity contribution in [2.75, 3.05) is 13.1 Å². The maximum Gasteiger partial charge on any atom is 0.0882 e. The van der Waals surface area contributed by atoms with E-state index in [2.05, 4.69) is 47.6 Å². The summed E-state index contributed by atoms with van der Waals surface area (Å²) < 4.78 is 2.05. The van der Waals surface area contributed by atoms with Crippen molar-refractivity contribution in [2.24, 2.45) is 0 Å². The van der Waals surface area contributed by atoms with Crippen molar-refractivity contribution in [1.82, 2.24) is 14.7 Å². The first-order valence-electron chi connectivity index (χ1n) is 8.26. The Morgan fingerprint density at radius 3 is 2.82 bits per heavy atom. The SMILES string of the molecule is CC(C)=CCC/C(C)=C/CN1CCCn2nc(CO)cc2C1. The normalized spacial score (nSPS) is 16.3. The fraction of sp³-hybridized carbons (Fsp3) is 0.611. The second-order valence-electron chi connectivity index (χ2n) is 6.47. The molecule has 1 N–H and O–H groups in total. The molecule has 4 nitrogen and oxygen atoms in total. The molecule has 1 aromatic heterocycles. The van der Waals surface area contributed by atoms with Crippen LogP contribution in [0.25, 0.3) is 0 Å². The van der Waals surface area contributed by atoms with E-state index in [1.807, 2.05) is 6.07 Å². The Morgan fingerprint density at radius 2 is 2.09 bits per heavy atom. The zero-order valence-corrected chi connectivity index (χ0v) is 14.2. The number of rotatable bonds is 6. The quantitative estimate of drug-likeness (QED) is 0.820. The molecule has 0 saturated carbocycles. The van der Waals surface area contributed by atoms with Gasteiger partial charge in [-0.25, -0.2) is 0 Å². The summed E-state index contributed by atoms with van der Waals surface area (Å²) in [6, 6.07) is 2.03. The maximum absolute atomic E-state index is 9.22. The van der Waals surface area contributed by atoms with Crippen molar-refractivity contribution >= 4 is 0 Å². The molecule has 0 unspecified atom stereocenters. The molecule has 0 radical (unpaired) electrons. The van der Waals surface area contributed by atoms with E-state index in [1.165, 1.54) is 16.8 Å². The monoisotopic (exact) mass is 303 g/mol. The summed E-state index contributed by atoms with van der Waals surface area (Å²) in [5.41, 5.74) is 4.86. The first kappa shape index (κ1) is 17.0. The molecule has 0 spiro atoms. The molecule has 1 aliphatic heterocycles. The minimum Gasteiger partial charge on any atom is -0.390 e. The third-order valence-corrected chi connectivity index (χ3v) is 4.09. The lowest BCUT2D eigenvalue weighted by Gasteiger charge is -2.17. The largest absolute Gasteiger partial charge is 0.390 e. The highest BCUT2D eigenvalue weighted by molar-refractivity contribution is 5.11. The summed E-state index contributed by atoms with van der Waals surface area (Å²) >= 11 is 0. The molecule has 122 valence electrons. The molecule has 1 aliphatic rings. The van der Waals surface area contributed by atoms with E-state index in [0.717, 1.165) is 51.1 Å².